The highest BCUT2D eigenvalue weighted by Crippen LogP contribution is 2.37. The van der Waals surface area contributed by atoms with Crippen LogP contribution in [0.25, 0.3) is 22.2 Å². The van der Waals surface area contributed by atoms with Crippen LogP contribution >= 0.6 is 11.6 Å². The number of rotatable bonds is 1. The van der Waals surface area contributed by atoms with E-state index >= 15 is 0 Å². The van der Waals surface area contributed by atoms with Crippen LogP contribution in [0.15, 0.2) is 30.6 Å². The van der Waals surface area contributed by atoms with Gasteiger partial charge in [0.25, 0.3) is 0 Å². The molecule has 100 valence electrons. The van der Waals surface area contributed by atoms with Crippen molar-refractivity contribution in [3.05, 3.63) is 41.4 Å². The standard InChI is InChI=1S/C15H12ClN3O/c1-9-7-17-15(16)18-13(9)11-8-19-5-6-20-12-4-2-3-10(11)14(12)19/h2-4,7-8H,5-6H2,1H3. The molecule has 0 atom stereocenters. The average Bonchev–Trinajstić information content (AvgIpc) is 2.83. The molecule has 1 aliphatic heterocycles. The second kappa shape index (κ2) is 4.21. The second-order valence-corrected chi connectivity index (χ2v) is 5.25. The molecule has 1 aliphatic rings. The fourth-order valence-electron chi connectivity index (χ4n) is 2.75. The molecule has 4 nitrogen and oxygen atoms in total. The molecule has 0 saturated carbocycles. The Hall–Kier alpha value is -2.07. The Morgan fingerprint density at radius 3 is 3.15 bits per heavy atom. The van der Waals surface area contributed by atoms with Gasteiger partial charge in [0.15, 0.2) is 0 Å². The third kappa shape index (κ3) is 1.61. The minimum Gasteiger partial charge on any atom is -0.490 e. The number of hydrogen-bond acceptors (Lipinski definition) is 3. The Labute approximate surface area is 121 Å². The normalized spacial score (nSPS) is 13.5. The number of ether oxygens (including phenoxy) is 1. The number of aryl methyl sites for hydroxylation is 1. The molecule has 0 fully saturated rings. The number of benzene rings is 1. The number of nitrogens with zero attached hydrogens (tertiary/aromatic N) is 3. The summed E-state index contributed by atoms with van der Waals surface area (Å²) in [7, 11) is 0. The molecule has 0 bridgehead atoms. The van der Waals surface area contributed by atoms with Gasteiger partial charge in [0.1, 0.15) is 12.4 Å². The van der Waals surface area contributed by atoms with Gasteiger partial charge >= 0.3 is 0 Å². The number of halogens is 1. The van der Waals surface area contributed by atoms with Crippen molar-refractivity contribution in [3.8, 4) is 17.0 Å². The summed E-state index contributed by atoms with van der Waals surface area (Å²) in [5.41, 5.74) is 4.10. The van der Waals surface area contributed by atoms with Gasteiger partial charge in [-0.15, -0.1) is 0 Å². The predicted molar refractivity (Wildman–Crippen MR) is 78.2 cm³/mol. The lowest BCUT2D eigenvalue weighted by Gasteiger charge is -2.16. The number of aromatic nitrogens is 3. The maximum atomic E-state index is 5.95. The third-order valence-corrected chi connectivity index (χ3v) is 3.83. The van der Waals surface area contributed by atoms with E-state index in [4.69, 9.17) is 16.3 Å². The monoisotopic (exact) mass is 285 g/mol. The van der Waals surface area contributed by atoms with Crippen LogP contribution in [-0.2, 0) is 6.54 Å². The first-order valence-corrected chi connectivity index (χ1v) is 6.86. The van der Waals surface area contributed by atoms with Crippen molar-refractivity contribution in [2.24, 2.45) is 0 Å². The van der Waals surface area contributed by atoms with Gasteiger partial charge in [0.2, 0.25) is 5.28 Å². The summed E-state index contributed by atoms with van der Waals surface area (Å²) in [6, 6.07) is 6.10. The fraction of sp³-hybridized carbons (Fsp3) is 0.200. The van der Waals surface area contributed by atoms with Gasteiger partial charge in [0.05, 0.1) is 17.8 Å². The molecule has 0 radical (unpaired) electrons. The smallest absolute Gasteiger partial charge is 0.222 e. The Kier molecular flexibility index (Phi) is 2.47. The van der Waals surface area contributed by atoms with E-state index < -0.39 is 0 Å². The van der Waals surface area contributed by atoms with Crippen molar-refractivity contribution in [2.45, 2.75) is 13.5 Å². The van der Waals surface area contributed by atoms with Crippen LogP contribution in [0.4, 0.5) is 0 Å². The first-order valence-electron chi connectivity index (χ1n) is 6.48. The summed E-state index contributed by atoms with van der Waals surface area (Å²) < 4.78 is 7.94. The van der Waals surface area contributed by atoms with Crippen LogP contribution in [0.1, 0.15) is 5.56 Å². The van der Waals surface area contributed by atoms with E-state index in [1.165, 1.54) is 0 Å². The average molecular weight is 286 g/mol. The van der Waals surface area contributed by atoms with Gasteiger partial charge in [-0.1, -0.05) is 12.1 Å². The first-order chi connectivity index (χ1) is 9.74. The van der Waals surface area contributed by atoms with Gasteiger partial charge in [-0.3, -0.25) is 0 Å². The molecule has 0 unspecified atom stereocenters. The topological polar surface area (TPSA) is 39.9 Å². The lowest BCUT2D eigenvalue weighted by atomic mass is 10.1. The molecule has 0 spiro atoms. The van der Waals surface area contributed by atoms with Crippen molar-refractivity contribution < 1.29 is 4.74 Å². The van der Waals surface area contributed by atoms with Gasteiger partial charge in [-0.2, -0.15) is 0 Å². The summed E-state index contributed by atoms with van der Waals surface area (Å²) in [5, 5.41) is 1.41. The summed E-state index contributed by atoms with van der Waals surface area (Å²) in [4.78, 5) is 8.42. The van der Waals surface area contributed by atoms with E-state index in [0.29, 0.717) is 6.61 Å². The van der Waals surface area contributed by atoms with Gasteiger partial charge in [-0.25, -0.2) is 9.97 Å². The minimum atomic E-state index is 0.272. The zero-order valence-corrected chi connectivity index (χ0v) is 11.7. The van der Waals surface area contributed by atoms with E-state index in [9.17, 15) is 0 Å². The first kappa shape index (κ1) is 11.7. The van der Waals surface area contributed by atoms with E-state index in [2.05, 4.69) is 26.8 Å². The quantitative estimate of drug-likeness (QED) is 0.643. The van der Waals surface area contributed by atoms with Crippen molar-refractivity contribution in [1.82, 2.24) is 14.5 Å². The summed E-state index contributed by atoms with van der Waals surface area (Å²) >= 11 is 5.95. The Morgan fingerprint density at radius 2 is 2.25 bits per heavy atom. The molecule has 0 saturated heterocycles. The fourth-order valence-corrected chi connectivity index (χ4v) is 2.89. The van der Waals surface area contributed by atoms with Crippen LogP contribution in [0, 0.1) is 6.92 Å². The highest BCUT2D eigenvalue weighted by Gasteiger charge is 2.19. The molecular formula is C15H12ClN3O. The SMILES string of the molecule is Cc1cnc(Cl)nc1-c1cn2c3c(cccc13)OCC2. The predicted octanol–water partition coefficient (Wildman–Crippen LogP) is 3.45. The zero-order valence-electron chi connectivity index (χ0n) is 10.9. The van der Waals surface area contributed by atoms with Gasteiger partial charge in [0, 0.05) is 23.3 Å². The van der Waals surface area contributed by atoms with Crippen molar-refractivity contribution >= 4 is 22.5 Å². The largest absolute Gasteiger partial charge is 0.490 e. The molecule has 5 heteroatoms. The molecule has 3 heterocycles. The zero-order chi connectivity index (χ0) is 13.7. The highest BCUT2D eigenvalue weighted by atomic mass is 35.5. The van der Waals surface area contributed by atoms with Crippen molar-refractivity contribution in [1.29, 1.82) is 0 Å². The minimum absolute atomic E-state index is 0.272. The summed E-state index contributed by atoms with van der Waals surface area (Å²) in [6.07, 6.45) is 3.89. The molecule has 0 amide bonds. The highest BCUT2D eigenvalue weighted by molar-refractivity contribution is 6.28. The molecule has 20 heavy (non-hydrogen) atoms. The summed E-state index contributed by atoms with van der Waals surface area (Å²) in [6.45, 7) is 3.55. The van der Waals surface area contributed by atoms with E-state index in [1.54, 1.807) is 6.20 Å². The van der Waals surface area contributed by atoms with Crippen LogP contribution < -0.4 is 4.74 Å². The molecular weight excluding hydrogens is 274 g/mol. The molecule has 2 aromatic heterocycles. The lowest BCUT2D eigenvalue weighted by molar-refractivity contribution is 0.287. The van der Waals surface area contributed by atoms with Crippen molar-refractivity contribution in [2.75, 3.05) is 6.61 Å². The van der Waals surface area contributed by atoms with E-state index in [-0.39, 0.29) is 5.28 Å². The number of para-hydroxylation sites is 1. The van der Waals surface area contributed by atoms with Crippen molar-refractivity contribution in [3.63, 3.8) is 0 Å². The van der Waals surface area contributed by atoms with Crippen LogP contribution in [-0.4, -0.2) is 21.1 Å². The Balaban J connectivity index is 2.07. The molecule has 3 aromatic rings. The maximum Gasteiger partial charge on any atom is 0.222 e. The van der Waals surface area contributed by atoms with Crippen LogP contribution in [0.5, 0.6) is 5.75 Å². The molecule has 0 aliphatic carbocycles. The Morgan fingerprint density at radius 1 is 1.35 bits per heavy atom. The van der Waals surface area contributed by atoms with E-state index in [0.717, 1.165) is 40.0 Å². The second-order valence-electron chi connectivity index (χ2n) is 4.91. The maximum absolute atomic E-state index is 5.95. The summed E-state index contributed by atoms with van der Waals surface area (Å²) in [5.74, 6) is 0.929. The van der Waals surface area contributed by atoms with Gasteiger partial charge < -0.3 is 9.30 Å². The number of hydrogen-bond donors (Lipinski definition) is 0. The molecule has 0 N–H and O–H groups in total. The van der Waals surface area contributed by atoms with E-state index in [1.807, 2.05) is 19.1 Å². The Bertz CT molecular complexity index is 825. The van der Waals surface area contributed by atoms with Crippen LogP contribution in [0.2, 0.25) is 5.28 Å². The molecule has 4 rings (SSSR count). The third-order valence-electron chi connectivity index (χ3n) is 3.65. The molecule has 1 aromatic carbocycles. The van der Waals surface area contributed by atoms with Gasteiger partial charge in [-0.05, 0) is 30.2 Å². The lowest BCUT2D eigenvalue weighted by Crippen LogP contribution is -2.12. The van der Waals surface area contributed by atoms with Crippen LogP contribution in [0.3, 0.4) is 0 Å².